The second kappa shape index (κ2) is 7.13. The van der Waals surface area contributed by atoms with E-state index in [1.54, 1.807) is 11.3 Å². The molecule has 2 aromatic heterocycles. The summed E-state index contributed by atoms with van der Waals surface area (Å²) in [6, 6.07) is 0. The Labute approximate surface area is 129 Å². The molecule has 0 aliphatic carbocycles. The number of ether oxygens (including phenoxy) is 1. The summed E-state index contributed by atoms with van der Waals surface area (Å²) in [6.45, 7) is 9.15. The average molecular weight is 309 g/mol. The lowest BCUT2D eigenvalue weighted by atomic mass is 10.2. The van der Waals surface area contributed by atoms with Gasteiger partial charge in [0, 0.05) is 18.0 Å². The Morgan fingerprint density at radius 2 is 2.10 bits per heavy atom. The first kappa shape index (κ1) is 16.1. The highest BCUT2D eigenvalue weighted by Crippen LogP contribution is 2.32. The second-order valence-corrected chi connectivity index (χ2v) is 6.23. The molecule has 116 valence electrons. The smallest absolute Gasteiger partial charge is 0.152 e. The van der Waals surface area contributed by atoms with Crippen LogP contribution in [0.25, 0.3) is 10.2 Å². The number of aryl methyl sites for hydroxylation is 2. The fourth-order valence-corrected chi connectivity index (χ4v) is 3.20. The number of anilines is 1. The van der Waals surface area contributed by atoms with Crippen molar-refractivity contribution in [3.8, 4) is 0 Å². The van der Waals surface area contributed by atoms with Crippen LogP contribution in [-0.2, 0) is 11.3 Å². The number of rotatable bonds is 7. The summed E-state index contributed by atoms with van der Waals surface area (Å²) in [5, 5.41) is 1.03. The number of nitrogens with one attached hydrogen (secondary N) is 1. The number of hydrogen-bond acceptors (Lipinski definition) is 7. The summed E-state index contributed by atoms with van der Waals surface area (Å²) in [4.78, 5) is 13.6. The van der Waals surface area contributed by atoms with Crippen molar-refractivity contribution in [2.75, 3.05) is 32.2 Å². The summed E-state index contributed by atoms with van der Waals surface area (Å²) in [6.07, 6.45) is 0. The Morgan fingerprint density at radius 3 is 2.76 bits per heavy atom. The van der Waals surface area contributed by atoms with Crippen molar-refractivity contribution in [2.45, 2.75) is 27.3 Å². The van der Waals surface area contributed by atoms with E-state index in [1.165, 1.54) is 10.4 Å². The third-order valence-corrected chi connectivity index (χ3v) is 4.55. The van der Waals surface area contributed by atoms with Gasteiger partial charge < -0.3 is 10.2 Å². The largest absolute Gasteiger partial charge is 0.380 e. The van der Waals surface area contributed by atoms with Crippen LogP contribution < -0.4 is 11.3 Å². The highest BCUT2D eigenvalue weighted by Gasteiger charge is 2.14. The first-order valence-corrected chi connectivity index (χ1v) is 7.88. The molecule has 0 atom stereocenters. The quantitative estimate of drug-likeness (QED) is 0.463. The fourth-order valence-electron chi connectivity index (χ4n) is 2.15. The molecule has 2 heterocycles. The van der Waals surface area contributed by atoms with E-state index in [9.17, 15) is 0 Å². The number of nitrogens with two attached hydrogens (primary N) is 1. The number of hydrogen-bond donors (Lipinski definition) is 2. The van der Waals surface area contributed by atoms with E-state index < -0.39 is 0 Å². The van der Waals surface area contributed by atoms with Crippen LogP contribution in [0, 0.1) is 13.8 Å². The SMILES string of the molecule is CCOCCN(C)Cc1nc(NN)c2c(C)c(C)sc2n1. The Bertz CT molecular complexity index is 613. The molecule has 0 amide bonds. The Balaban J connectivity index is 2.21. The van der Waals surface area contributed by atoms with E-state index in [-0.39, 0.29) is 0 Å². The zero-order valence-corrected chi connectivity index (χ0v) is 13.9. The molecular formula is C14H23N5OS. The second-order valence-electron chi connectivity index (χ2n) is 5.03. The molecule has 2 rings (SSSR count). The van der Waals surface area contributed by atoms with Crippen LogP contribution in [-0.4, -0.2) is 41.7 Å². The highest BCUT2D eigenvalue weighted by atomic mass is 32.1. The maximum absolute atomic E-state index is 5.62. The van der Waals surface area contributed by atoms with Gasteiger partial charge in [-0.05, 0) is 33.4 Å². The lowest BCUT2D eigenvalue weighted by Gasteiger charge is -2.16. The molecule has 0 bridgehead atoms. The van der Waals surface area contributed by atoms with E-state index in [1.807, 2.05) is 14.0 Å². The Hall–Kier alpha value is -1.28. The fraction of sp³-hybridized carbons (Fsp3) is 0.571. The normalized spacial score (nSPS) is 11.5. The minimum absolute atomic E-state index is 0.674. The minimum Gasteiger partial charge on any atom is -0.380 e. The molecule has 0 saturated heterocycles. The molecular weight excluding hydrogens is 286 g/mol. The van der Waals surface area contributed by atoms with Crippen LogP contribution in [0.4, 0.5) is 5.82 Å². The summed E-state index contributed by atoms with van der Waals surface area (Å²) in [5.74, 6) is 7.10. The minimum atomic E-state index is 0.674. The molecule has 2 aromatic rings. The van der Waals surface area contributed by atoms with Crippen LogP contribution >= 0.6 is 11.3 Å². The lowest BCUT2D eigenvalue weighted by Crippen LogP contribution is -2.24. The third-order valence-electron chi connectivity index (χ3n) is 3.44. The van der Waals surface area contributed by atoms with E-state index in [4.69, 9.17) is 10.6 Å². The van der Waals surface area contributed by atoms with Crippen LogP contribution in [0.2, 0.25) is 0 Å². The molecule has 7 heteroatoms. The van der Waals surface area contributed by atoms with Crippen LogP contribution in [0.15, 0.2) is 0 Å². The monoisotopic (exact) mass is 309 g/mol. The Kier molecular flexibility index (Phi) is 5.46. The molecule has 0 spiro atoms. The van der Waals surface area contributed by atoms with Crippen molar-refractivity contribution >= 4 is 27.4 Å². The van der Waals surface area contributed by atoms with Gasteiger partial charge in [-0.25, -0.2) is 15.8 Å². The predicted molar refractivity (Wildman–Crippen MR) is 87.5 cm³/mol. The standard InChI is InChI=1S/C14H23N5OS/c1-5-20-7-6-19(4)8-11-16-13(18-15)12-9(2)10(3)21-14(12)17-11/h5-8,15H2,1-4H3,(H,16,17,18). The summed E-state index contributed by atoms with van der Waals surface area (Å²) in [5.41, 5.74) is 3.90. The van der Waals surface area contributed by atoms with Crippen molar-refractivity contribution in [1.82, 2.24) is 14.9 Å². The van der Waals surface area contributed by atoms with Crippen LogP contribution in [0.1, 0.15) is 23.2 Å². The van der Waals surface area contributed by atoms with Gasteiger partial charge in [-0.3, -0.25) is 4.90 Å². The maximum atomic E-state index is 5.62. The molecule has 21 heavy (non-hydrogen) atoms. The first-order valence-electron chi connectivity index (χ1n) is 7.06. The van der Waals surface area contributed by atoms with Crippen molar-refractivity contribution < 1.29 is 4.74 Å². The summed E-state index contributed by atoms with van der Waals surface area (Å²) < 4.78 is 5.36. The zero-order valence-electron chi connectivity index (χ0n) is 13.1. The number of aromatic nitrogens is 2. The number of hydrazine groups is 1. The van der Waals surface area contributed by atoms with Gasteiger partial charge in [-0.15, -0.1) is 11.3 Å². The molecule has 6 nitrogen and oxygen atoms in total. The molecule has 0 radical (unpaired) electrons. The summed E-state index contributed by atoms with van der Waals surface area (Å²) in [7, 11) is 2.03. The van der Waals surface area contributed by atoms with Crippen molar-refractivity contribution in [2.24, 2.45) is 5.84 Å². The molecule has 0 saturated carbocycles. The van der Waals surface area contributed by atoms with Crippen molar-refractivity contribution in [3.05, 3.63) is 16.3 Å². The van der Waals surface area contributed by atoms with Gasteiger partial charge in [-0.2, -0.15) is 0 Å². The highest BCUT2D eigenvalue weighted by molar-refractivity contribution is 7.18. The average Bonchev–Trinajstić information content (AvgIpc) is 2.73. The maximum Gasteiger partial charge on any atom is 0.152 e. The molecule has 0 aromatic carbocycles. The number of likely N-dealkylation sites (N-methyl/N-ethyl adjacent to an activating group) is 1. The van der Waals surface area contributed by atoms with E-state index in [0.717, 1.165) is 29.2 Å². The van der Waals surface area contributed by atoms with Gasteiger partial charge in [0.1, 0.15) is 10.7 Å². The first-order chi connectivity index (χ1) is 10.1. The van der Waals surface area contributed by atoms with E-state index in [0.29, 0.717) is 19.0 Å². The van der Waals surface area contributed by atoms with E-state index >= 15 is 0 Å². The molecule has 0 aliphatic rings. The Morgan fingerprint density at radius 1 is 1.33 bits per heavy atom. The topological polar surface area (TPSA) is 76.3 Å². The number of nitrogen functional groups attached to an aromatic ring is 1. The van der Waals surface area contributed by atoms with Gasteiger partial charge in [0.25, 0.3) is 0 Å². The molecule has 3 N–H and O–H groups in total. The number of fused-ring (bicyclic) bond motifs is 1. The zero-order chi connectivity index (χ0) is 15.4. The van der Waals surface area contributed by atoms with Crippen LogP contribution in [0.5, 0.6) is 0 Å². The van der Waals surface area contributed by atoms with Gasteiger partial charge in [-0.1, -0.05) is 0 Å². The van der Waals surface area contributed by atoms with Crippen molar-refractivity contribution in [3.63, 3.8) is 0 Å². The van der Waals surface area contributed by atoms with Gasteiger partial charge in [0.05, 0.1) is 18.5 Å². The number of thiophene rings is 1. The van der Waals surface area contributed by atoms with Gasteiger partial charge in [0.15, 0.2) is 5.82 Å². The van der Waals surface area contributed by atoms with E-state index in [2.05, 4.69) is 34.1 Å². The van der Waals surface area contributed by atoms with Crippen LogP contribution in [0.3, 0.4) is 0 Å². The molecule has 0 fully saturated rings. The predicted octanol–water partition coefficient (Wildman–Crippen LogP) is 2.06. The molecule has 0 aliphatic heterocycles. The van der Waals surface area contributed by atoms with Gasteiger partial charge >= 0.3 is 0 Å². The molecule has 0 unspecified atom stereocenters. The van der Waals surface area contributed by atoms with Crippen molar-refractivity contribution in [1.29, 1.82) is 0 Å². The number of nitrogens with zero attached hydrogens (tertiary/aromatic N) is 3. The van der Waals surface area contributed by atoms with Gasteiger partial charge in [0.2, 0.25) is 0 Å². The third kappa shape index (κ3) is 3.68. The summed E-state index contributed by atoms with van der Waals surface area (Å²) >= 11 is 1.68. The lowest BCUT2D eigenvalue weighted by molar-refractivity contribution is 0.119.